The van der Waals surface area contributed by atoms with E-state index in [1.165, 1.54) is 0 Å². The van der Waals surface area contributed by atoms with Crippen LogP contribution in [0.2, 0.25) is 5.02 Å². The van der Waals surface area contributed by atoms with Gasteiger partial charge in [0.2, 0.25) is 5.89 Å². The van der Waals surface area contributed by atoms with Gasteiger partial charge in [0, 0.05) is 16.0 Å². The standard InChI is InChI=1S/C32H26ClN3O4/c1-19-15-22(17-20-7-13-24(38-2)14-8-20)30-26(16-19)29(25-5-3-4-6-27(25)34-30)32(37)39-18-28-35-36-31(40-28)21-9-11-23(33)12-10-21/h3-14,17,19H,15-16,18H2,1-2H3/b22-17-. The number of allylic oxidation sites excluding steroid dienone is 1. The molecule has 2 aromatic heterocycles. The van der Waals surface area contributed by atoms with Gasteiger partial charge >= 0.3 is 5.97 Å². The molecule has 3 aromatic carbocycles. The second kappa shape index (κ2) is 10.9. The third-order valence-corrected chi connectivity index (χ3v) is 7.22. The molecule has 0 saturated carbocycles. The zero-order valence-corrected chi connectivity index (χ0v) is 22.8. The summed E-state index contributed by atoms with van der Waals surface area (Å²) in [5.74, 6) is 1.22. The maximum atomic E-state index is 13.7. The highest BCUT2D eigenvalue weighted by molar-refractivity contribution is 6.30. The number of methoxy groups -OCH3 is 1. The summed E-state index contributed by atoms with van der Waals surface area (Å²) in [4.78, 5) is 18.7. The Bertz CT molecular complexity index is 1730. The monoisotopic (exact) mass is 551 g/mol. The Hall–Kier alpha value is -4.49. The van der Waals surface area contributed by atoms with Crippen LogP contribution in [0.15, 0.2) is 77.2 Å². The Labute approximate surface area is 236 Å². The van der Waals surface area contributed by atoms with Gasteiger partial charge in [-0.05, 0) is 84.0 Å². The van der Waals surface area contributed by atoms with Crippen molar-refractivity contribution in [3.8, 4) is 17.2 Å². The second-order valence-corrected chi connectivity index (χ2v) is 10.3. The highest BCUT2D eigenvalue weighted by atomic mass is 35.5. The Morgan fingerprint density at radius 2 is 1.80 bits per heavy atom. The number of benzene rings is 3. The molecule has 200 valence electrons. The number of ether oxygens (including phenoxy) is 2. The topological polar surface area (TPSA) is 87.3 Å². The van der Waals surface area contributed by atoms with Crippen molar-refractivity contribution in [3.05, 3.63) is 106 Å². The van der Waals surface area contributed by atoms with E-state index in [-0.39, 0.29) is 12.5 Å². The first kappa shape index (κ1) is 25.8. The van der Waals surface area contributed by atoms with Crippen LogP contribution in [0.4, 0.5) is 0 Å². The van der Waals surface area contributed by atoms with Gasteiger partial charge in [-0.1, -0.05) is 48.9 Å². The summed E-state index contributed by atoms with van der Waals surface area (Å²) in [7, 11) is 1.65. The van der Waals surface area contributed by atoms with Crippen LogP contribution in [0.5, 0.6) is 5.75 Å². The van der Waals surface area contributed by atoms with E-state index < -0.39 is 5.97 Å². The number of pyridine rings is 1. The minimum Gasteiger partial charge on any atom is -0.497 e. The number of hydrogen-bond donors (Lipinski definition) is 0. The zero-order chi connectivity index (χ0) is 27.6. The normalized spacial score (nSPS) is 15.7. The van der Waals surface area contributed by atoms with Crippen LogP contribution < -0.4 is 4.74 Å². The van der Waals surface area contributed by atoms with Crippen molar-refractivity contribution in [3.63, 3.8) is 0 Å². The molecule has 8 heteroatoms. The summed E-state index contributed by atoms with van der Waals surface area (Å²) >= 11 is 5.97. The summed E-state index contributed by atoms with van der Waals surface area (Å²) in [6, 6.07) is 22.6. The third-order valence-electron chi connectivity index (χ3n) is 6.96. The van der Waals surface area contributed by atoms with Crippen LogP contribution in [0.3, 0.4) is 0 Å². The molecule has 6 rings (SSSR count). The highest BCUT2D eigenvalue weighted by Gasteiger charge is 2.29. The van der Waals surface area contributed by atoms with E-state index in [1.807, 2.05) is 48.5 Å². The molecule has 0 fully saturated rings. The molecular formula is C32H26ClN3O4. The number of esters is 1. The predicted octanol–water partition coefficient (Wildman–Crippen LogP) is 7.43. The lowest BCUT2D eigenvalue weighted by Crippen LogP contribution is -2.19. The first-order valence-corrected chi connectivity index (χ1v) is 13.4. The van der Waals surface area contributed by atoms with E-state index in [9.17, 15) is 4.79 Å². The largest absolute Gasteiger partial charge is 0.497 e. The minimum atomic E-state index is -0.445. The van der Waals surface area contributed by atoms with Crippen LogP contribution in [0.25, 0.3) is 34.0 Å². The Morgan fingerprint density at radius 1 is 1.02 bits per heavy atom. The van der Waals surface area contributed by atoms with Gasteiger partial charge in [-0.3, -0.25) is 0 Å². The van der Waals surface area contributed by atoms with E-state index in [0.29, 0.717) is 22.4 Å². The van der Waals surface area contributed by atoms with Crippen molar-refractivity contribution >= 4 is 40.1 Å². The van der Waals surface area contributed by atoms with E-state index in [1.54, 1.807) is 31.4 Å². The number of fused-ring (bicyclic) bond motifs is 2. The van der Waals surface area contributed by atoms with Gasteiger partial charge in [0.25, 0.3) is 5.89 Å². The maximum absolute atomic E-state index is 13.7. The van der Waals surface area contributed by atoms with Gasteiger partial charge in [-0.2, -0.15) is 0 Å². The van der Waals surface area contributed by atoms with E-state index >= 15 is 0 Å². The molecule has 5 aromatic rings. The number of hydrogen-bond acceptors (Lipinski definition) is 7. The van der Waals surface area contributed by atoms with Crippen molar-refractivity contribution in [2.45, 2.75) is 26.4 Å². The molecule has 0 bridgehead atoms. The van der Waals surface area contributed by atoms with Crippen LogP contribution in [0, 0.1) is 5.92 Å². The molecule has 0 spiro atoms. The minimum absolute atomic E-state index is 0.144. The number of carbonyl (C=O) groups excluding carboxylic acids is 1. The molecule has 0 radical (unpaired) electrons. The number of aromatic nitrogens is 3. The molecule has 1 unspecified atom stereocenters. The number of rotatable bonds is 6. The lowest BCUT2D eigenvalue weighted by molar-refractivity contribution is 0.0439. The molecular weight excluding hydrogens is 526 g/mol. The molecule has 2 heterocycles. The fraction of sp³-hybridized carbons (Fsp3) is 0.188. The van der Waals surface area contributed by atoms with Crippen LogP contribution >= 0.6 is 11.6 Å². The first-order chi connectivity index (χ1) is 19.5. The molecule has 0 saturated heterocycles. The summed E-state index contributed by atoms with van der Waals surface area (Å²) < 4.78 is 16.8. The van der Waals surface area contributed by atoms with E-state index in [4.69, 9.17) is 30.5 Å². The molecule has 1 aliphatic rings. The predicted molar refractivity (Wildman–Crippen MR) is 154 cm³/mol. The van der Waals surface area contributed by atoms with Crippen molar-refractivity contribution in [1.29, 1.82) is 0 Å². The van der Waals surface area contributed by atoms with Crippen LogP contribution in [-0.4, -0.2) is 28.3 Å². The fourth-order valence-corrected chi connectivity index (χ4v) is 5.22. The maximum Gasteiger partial charge on any atom is 0.339 e. The average Bonchev–Trinajstić information content (AvgIpc) is 3.45. The molecule has 0 N–H and O–H groups in total. The lowest BCUT2D eigenvalue weighted by Gasteiger charge is -2.26. The Balaban J connectivity index is 1.34. The van der Waals surface area contributed by atoms with E-state index in [2.05, 4.69) is 23.2 Å². The Morgan fingerprint density at radius 3 is 2.58 bits per heavy atom. The zero-order valence-electron chi connectivity index (χ0n) is 22.1. The number of para-hydroxylation sites is 1. The average molecular weight is 552 g/mol. The van der Waals surface area contributed by atoms with Crippen molar-refractivity contribution in [1.82, 2.24) is 15.2 Å². The summed E-state index contributed by atoms with van der Waals surface area (Å²) in [5, 5.41) is 9.51. The summed E-state index contributed by atoms with van der Waals surface area (Å²) in [6.45, 7) is 2.04. The lowest BCUT2D eigenvalue weighted by atomic mass is 9.80. The van der Waals surface area contributed by atoms with Gasteiger partial charge in [-0.15, -0.1) is 10.2 Å². The first-order valence-electron chi connectivity index (χ1n) is 13.0. The van der Waals surface area contributed by atoms with Crippen molar-refractivity contribution < 1.29 is 18.7 Å². The molecule has 1 aliphatic carbocycles. The number of halogens is 1. The second-order valence-electron chi connectivity index (χ2n) is 9.87. The number of carbonyl (C=O) groups is 1. The molecule has 0 amide bonds. The van der Waals surface area contributed by atoms with Gasteiger partial charge < -0.3 is 13.9 Å². The van der Waals surface area contributed by atoms with Crippen molar-refractivity contribution in [2.75, 3.05) is 7.11 Å². The molecule has 40 heavy (non-hydrogen) atoms. The van der Waals surface area contributed by atoms with E-state index in [0.717, 1.165) is 57.5 Å². The quantitative estimate of drug-likeness (QED) is 0.203. The number of nitrogens with zero attached hydrogens (tertiary/aromatic N) is 3. The summed E-state index contributed by atoms with van der Waals surface area (Å²) in [5.41, 5.74) is 5.87. The van der Waals surface area contributed by atoms with Crippen LogP contribution in [-0.2, 0) is 17.8 Å². The van der Waals surface area contributed by atoms with Crippen LogP contribution in [0.1, 0.15) is 46.4 Å². The Kier molecular flexibility index (Phi) is 7.05. The van der Waals surface area contributed by atoms with Gasteiger partial charge in [-0.25, -0.2) is 9.78 Å². The fourth-order valence-electron chi connectivity index (χ4n) is 5.09. The highest BCUT2D eigenvalue weighted by Crippen LogP contribution is 2.39. The smallest absolute Gasteiger partial charge is 0.339 e. The molecule has 0 aliphatic heterocycles. The van der Waals surface area contributed by atoms with Gasteiger partial charge in [0.1, 0.15) is 5.75 Å². The summed E-state index contributed by atoms with van der Waals surface area (Å²) in [6.07, 6.45) is 3.72. The van der Waals surface area contributed by atoms with Gasteiger partial charge in [0.15, 0.2) is 6.61 Å². The van der Waals surface area contributed by atoms with Gasteiger partial charge in [0.05, 0.1) is 23.9 Å². The molecule has 1 atom stereocenters. The van der Waals surface area contributed by atoms with Crippen molar-refractivity contribution in [2.24, 2.45) is 5.92 Å². The SMILES string of the molecule is COc1ccc(/C=C2/CC(C)Cc3c2nc2ccccc2c3C(=O)OCc2nnc(-c3ccc(Cl)cc3)o2)cc1. The molecule has 7 nitrogen and oxygen atoms in total. The third kappa shape index (κ3) is 5.20.